The monoisotopic (exact) mass is 232 g/mol. The topological polar surface area (TPSA) is 87.9 Å². The van der Waals surface area contributed by atoms with Crippen LogP contribution >= 0.6 is 0 Å². The number of amides is 1. The summed E-state index contributed by atoms with van der Waals surface area (Å²) in [5.41, 5.74) is -1.00. The van der Waals surface area contributed by atoms with Crippen LogP contribution in [0.3, 0.4) is 0 Å². The predicted octanol–water partition coefficient (Wildman–Crippen LogP) is 0.735. The quantitative estimate of drug-likeness (QED) is 0.812. The van der Waals surface area contributed by atoms with Crippen LogP contribution in [0.1, 0.15) is 12.8 Å². The molecule has 2 rings (SSSR count). The first-order valence-electron chi connectivity index (χ1n) is 5.35. The molecule has 1 aliphatic heterocycles. The molecule has 0 saturated carbocycles. The molecule has 6 nitrogen and oxygen atoms in total. The molecule has 0 unspecified atom stereocenters. The molecular formula is C11H12N4O2. The molecule has 1 aromatic rings. The number of hydrogen-bond donors (Lipinski definition) is 1. The van der Waals surface area contributed by atoms with Crippen LogP contribution in [0.5, 0.6) is 0 Å². The zero-order valence-corrected chi connectivity index (χ0v) is 9.22. The lowest BCUT2D eigenvalue weighted by Gasteiger charge is -2.28. The average molecular weight is 232 g/mol. The summed E-state index contributed by atoms with van der Waals surface area (Å²) in [5.74, 6) is 0.0300. The van der Waals surface area contributed by atoms with Crippen LogP contribution in [0.15, 0.2) is 18.3 Å². The maximum atomic E-state index is 12.1. The smallest absolute Gasteiger partial charge is 0.246 e. The number of carbonyl (C=O) groups excluding carboxylic acids is 1. The third-order valence-corrected chi connectivity index (χ3v) is 2.81. The van der Waals surface area contributed by atoms with E-state index in [1.54, 1.807) is 12.1 Å². The van der Waals surface area contributed by atoms with Crippen LogP contribution in [0.2, 0.25) is 0 Å². The summed E-state index contributed by atoms with van der Waals surface area (Å²) < 4.78 is 5.17. The number of nitrogens with zero attached hydrogens (tertiary/aromatic N) is 3. The number of anilines is 1. The molecular weight excluding hydrogens is 220 g/mol. The number of hydrogen-bond acceptors (Lipinski definition) is 5. The van der Waals surface area contributed by atoms with Crippen molar-refractivity contribution >= 4 is 11.7 Å². The molecule has 1 aromatic heterocycles. The lowest BCUT2D eigenvalue weighted by molar-refractivity contribution is -0.126. The van der Waals surface area contributed by atoms with Crippen molar-refractivity contribution in [1.82, 2.24) is 10.2 Å². The summed E-state index contributed by atoms with van der Waals surface area (Å²) in [5, 5.41) is 19.2. The van der Waals surface area contributed by atoms with Gasteiger partial charge in [-0.25, -0.2) is 0 Å². The molecule has 0 spiro atoms. The van der Waals surface area contributed by atoms with Crippen molar-refractivity contribution in [3.05, 3.63) is 18.3 Å². The summed E-state index contributed by atoms with van der Waals surface area (Å²) in [6.45, 7) is 0.864. The van der Waals surface area contributed by atoms with Gasteiger partial charge in [-0.15, -0.1) is 5.10 Å². The second kappa shape index (κ2) is 4.89. The fourth-order valence-electron chi connectivity index (χ4n) is 1.71. The largest absolute Gasteiger partial charge is 0.381 e. The van der Waals surface area contributed by atoms with Gasteiger partial charge < -0.3 is 10.1 Å². The van der Waals surface area contributed by atoms with Gasteiger partial charge >= 0.3 is 0 Å². The second-order valence-corrected chi connectivity index (χ2v) is 3.87. The number of aromatic nitrogens is 2. The Morgan fingerprint density at radius 3 is 2.88 bits per heavy atom. The zero-order chi connectivity index (χ0) is 12.1. The number of nitrogens with one attached hydrogen (secondary N) is 1. The van der Waals surface area contributed by atoms with Gasteiger partial charge in [-0.2, -0.15) is 10.4 Å². The van der Waals surface area contributed by atoms with Crippen molar-refractivity contribution in [1.29, 1.82) is 5.26 Å². The highest BCUT2D eigenvalue weighted by Crippen LogP contribution is 2.30. The van der Waals surface area contributed by atoms with Gasteiger partial charge in [-0.3, -0.25) is 4.79 Å². The summed E-state index contributed by atoms with van der Waals surface area (Å²) >= 11 is 0. The highest BCUT2D eigenvalue weighted by Gasteiger charge is 2.40. The minimum absolute atomic E-state index is 0.330. The average Bonchev–Trinajstić information content (AvgIpc) is 2.40. The molecule has 88 valence electrons. The van der Waals surface area contributed by atoms with E-state index in [0.29, 0.717) is 31.9 Å². The van der Waals surface area contributed by atoms with Crippen LogP contribution in [0.4, 0.5) is 5.82 Å². The lowest BCUT2D eigenvalue weighted by atomic mass is 9.81. The first-order valence-corrected chi connectivity index (χ1v) is 5.35. The third-order valence-electron chi connectivity index (χ3n) is 2.81. The van der Waals surface area contributed by atoms with Crippen LogP contribution in [0, 0.1) is 16.7 Å². The van der Waals surface area contributed by atoms with Crippen molar-refractivity contribution < 1.29 is 9.53 Å². The van der Waals surface area contributed by atoms with E-state index in [9.17, 15) is 10.1 Å². The van der Waals surface area contributed by atoms with Crippen molar-refractivity contribution in [3.63, 3.8) is 0 Å². The summed E-state index contributed by atoms with van der Waals surface area (Å²) in [6.07, 6.45) is 2.34. The maximum Gasteiger partial charge on any atom is 0.246 e. The number of ether oxygens (including phenoxy) is 1. The Balaban J connectivity index is 2.11. The molecule has 6 heteroatoms. The Morgan fingerprint density at radius 1 is 1.53 bits per heavy atom. The highest BCUT2D eigenvalue weighted by atomic mass is 16.5. The SMILES string of the molecule is N#CC1(C(=O)Nc2cccnn2)CCOCC1. The van der Waals surface area contributed by atoms with Crippen LogP contribution in [-0.2, 0) is 9.53 Å². The van der Waals surface area contributed by atoms with Gasteiger partial charge in [0.25, 0.3) is 0 Å². The highest BCUT2D eigenvalue weighted by molar-refractivity contribution is 5.96. The van der Waals surface area contributed by atoms with Gasteiger partial charge in [-0.1, -0.05) is 0 Å². The Hall–Kier alpha value is -2.00. The molecule has 1 fully saturated rings. The van der Waals surface area contributed by atoms with E-state index in [0.717, 1.165) is 0 Å². The molecule has 0 radical (unpaired) electrons. The van der Waals surface area contributed by atoms with Gasteiger partial charge in [0.2, 0.25) is 5.91 Å². The van der Waals surface area contributed by atoms with Crippen molar-refractivity contribution in [2.75, 3.05) is 18.5 Å². The molecule has 17 heavy (non-hydrogen) atoms. The van der Waals surface area contributed by atoms with E-state index in [2.05, 4.69) is 21.6 Å². The molecule has 0 bridgehead atoms. The Morgan fingerprint density at radius 2 is 2.29 bits per heavy atom. The first kappa shape index (κ1) is 11.5. The third kappa shape index (κ3) is 2.40. The van der Waals surface area contributed by atoms with Crippen molar-refractivity contribution in [3.8, 4) is 6.07 Å². The minimum atomic E-state index is -1.00. The number of nitriles is 1. The number of rotatable bonds is 2. The van der Waals surface area contributed by atoms with Gasteiger partial charge in [0, 0.05) is 19.4 Å². The van der Waals surface area contributed by atoms with Crippen molar-refractivity contribution in [2.24, 2.45) is 5.41 Å². The molecule has 2 heterocycles. The van der Waals surface area contributed by atoms with Gasteiger partial charge in [0.05, 0.1) is 6.07 Å². The van der Waals surface area contributed by atoms with E-state index < -0.39 is 5.41 Å². The van der Waals surface area contributed by atoms with Gasteiger partial charge in [0.1, 0.15) is 5.41 Å². The van der Waals surface area contributed by atoms with Crippen LogP contribution < -0.4 is 5.32 Å². The van der Waals surface area contributed by atoms with Gasteiger partial charge in [-0.05, 0) is 25.0 Å². The number of carbonyl (C=O) groups is 1. The minimum Gasteiger partial charge on any atom is -0.381 e. The van der Waals surface area contributed by atoms with Gasteiger partial charge in [0.15, 0.2) is 5.82 Å². The van der Waals surface area contributed by atoms with E-state index in [-0.39, 0.29) is 5.91 Å². The first-order chi connectivity index (χ1) is 8.27. The molecule has 0 aromatic carbocycles. The van der Waals surface area contributed by atoms with Crippen LogP contribution in [-0.4, -0.2) is 29.3 Å². The summed E-state index contributed by atoms with van der Waals surface area (Å²) in [6, 6.07) is 5.40. The summed E-state index contributed by atoms with van der Waals surface area (Å²) in [4.78, 5) is 12.1. The standard InChI is InChI=1S/C11H12N4O2/c12-8-11(3-6-17-7-4-11)10(16)14-9-2-1-5-13-15-9/h1-2,5H,3-4,6-7H2,(H,14,15,16). The predicted molar refractivity (Wildman–Crippen MR) is 58.8 cm³/mol. The van der Waals surface area contributed by atoms with E-state index in [1.807, 2.05) is 0 Å². The molecule has 1 N–H and O–H groups in total. The molecule has 1 aliphatic rings. The molecule has 1 saturated heterocycles. The molecule has 0 aliphatic carbocycles. The molecule has 1 amide bonds. The van der Waals surface area contributed by atoms with E-state index in [4.69, 9.17) is 4.74 Å². The van der Waals surface area contributed by atoms with Crippen LogP contribution in [0.25, 0.3) is 0 Å². The second-order valence-electron chi connectivity index (χ2n) is 3.87. The Kier molecular flexibility index (Phi) is 3.30. The van der Waals surface area contributed by atoms with E-state index >= 15 is 0 Å². The van der Waals surface area contributed by atoms with Crippen molar-refractivity contribution in [2.45, 2.75) is 12.8 Å². The normalized spacial score (nSPS) is 18.1. The Bertz CT molecular complexity index is 435. The Labute approximate surface area is 98.6 Å². The van der Waals surface area contributed by atoms with E-state index in [1.165, 1.54) is 6.20 Å². The maximum absolute atomic E-state index is 12.1. The molecule has 0 atom stereocenters. The lowest BCUT2D eigenvalue weighted by Crippen LogP contribution is -2.40. The zero-order valence-electron chi connectivity index (χ0n) is 9.22. The fraction of sp³-hybridized carbons (Fsp3) is 0.455. The fourth-order valence-corrected chi connectivity index (χ4v) is 1.71. The summed E-state index contributed by atoms with van der Waals surface area (Å²) in [7, 11) is 0.